The SMILES string of the molecule is N#CCC(O)CC#N.N#CCC(O)CC#N. The van der Waals surface area contributed by atoms with Crippen LogP contribution in [0.1, 0.15) is 25.7 Å². The molecule has 6 heteroatoms. The molecular weight excluding hydrogens is 208 g/mol. The lowest BCUT2D eigenvalue weighted by Crippen LogP contribution is -2.02. The van der Waals surface area contributed by atoms with Crippen LogP contribution in [-0.2, 0) is 0 Å². The maximum absolute atomic E-state index is 8.60. The van der Waals surface area contributed by atoms with Gasteiger partial charge >= 0.3 is 0 Å². The van der Waals surface area contributed by atoms with Gasteiger partial charge in [-0.25, -0.2) is 0 Å². The fourth-order valence-electron chi connectivity index (χ4n) is 0.566. The van der Waals surface area contributed by atoms with E-state index in [1.807, 2.05) is 0 Å². The Morgan fingerprint density at radius 3 is 0.938 bits per heavy atom. The molecule has 0 saturated heterocycles. The molecule has 84 valence electrons. The average Bonchev–Trinajstić information content (AvgIpc) is 2.20. The van der Waals surface area contributed by atoms with Crippen molar-refractivity contribution in [3.05, 3.63) is 0 Å². The van der Waals surface area contributed by atoms with E-state index in [0.717, 1.165) is 0 Å². The first kappa shape index (κ1) is 16.3. The Labute approximate surface area is 94.2 Å². The summed E-state index contributed by atoms with van der Waals surface area (Å²) in [6.07, 6.45) is -1.32. The molecule has 0 radical (unpaired) electrons. The zero-order valence-corrected chi connectivity index (χ0v) is 8.67. The fraction of sp³-hybridized carbons (Fsp3) is 0.600. The van der Waals surface area contributed by atoms with Crippen LogP contribution in [-0.4, -0.2) is 22.4 Å². The lowest BCUT2D eigenvalue weighted by atomic mass is 10.2. The molecule has 0 aromatic heterocycles. The topological polar surface area (TPSA) is 136 Å². The standard InChI is InChI=1S/2C5H6N2O/c2*6-3-1-5(8)2-4-7/h2*5,8H,1-2H2. The van der Waals surface area contributed by atoms with Gasteiger partial charge in [0.2, 0.25) is 0 Å². The van der Waals surface area contributed by atoms with E-state index in [4.69, 9.17) is 31.3 Å². The summed E-state index contributed by atoms with van der Waals surface area (Å²) in [6, 6.07) is 7.00. The van der Waals surface area contributed by atoms with Gasteiger partial charge in [-0.15, -0.1) is 0 Å². The Morgan fingerprint density at radius 1 is 0.625 bits per heavy atom. The monoisotopic (exact) mass is 220 g/mol. The smallest absolute Gasteiger partial charge is 0.0799 e. The van der Waals surface area contributed by atoms with Crippen LogP contribution >= 0.6 is 0 Å². The molecule has 0 aromatic rings. The van der Waals surface area contributed by atoms with E-state index in [0.29, 0.717) is 0 Å². The molecule has 0 atom stereocenters. The maximum Gasteiger partial charge on any atom is 0.0799 e. The second-order valence-electron chi connectivity index (χ2n) is 2.76. The van der Waals surface area contributed by atoms with Crippen LogP contribution in [0.15, 0.2) is 0 Å². The summed E-state index contributed by atoms with van der Waals surface area (Å²) in [5, 5.41) is 49.0. The summed E-state index contributed by atoms with van der Waals surface area (Å²) in [7, 11) is 0. The van der Waals surface area contributed by atoms with Crippen molar-refractivity contribution in [2.75, 3.05) is 0 Å². The van der Waals surface area contributed by atoms with Crippen LogP contribution < -0.4 is 0 Å². The molecule has 0 rings (SSSR count). The van der Waals surface area contributed by atoms with Crippen molar-refractivity contribution >= 4 is 0 Å². The predicted molar refractivity (Wildman–Crippen MR) is 52.9 cm³/mol. The van der Waals surface area contributed by atoms with Crippen molar-refractivity contribution in [2.45, 2.75) is 37.9 Å². The van der Waals surface area contributed by atoms with E-state index in [2.05, 4.69) is 0 Å². The van der Waals surface area contributed by atoms with E-state index in [1.165, 1.54) is 0 Å². The number of hydrogen-bond acceptors (Lipinski definition) is 6. The Bertz CT molecular complexity index is 263. The van der Waals surface area contributed by atoms with Gasteiger partial charge in [-0.3, -0.25) is 0 Å². The summed E-state index contributed by atoms with van der Waals surface area (Å²) >= 11 is 0. The van der Waals surface area contributed by atoms with Crippen molar-refractivity contribution in [1.29, 1.82) is 21.0 Å². The molecule has 16 heavy (non-hydrogen) atoms. The lowest BCUT2D eigenvalue weighted by molar-refractivity contribution is 0.184. The minimum atomic E-state index is -0.759. The summed E-state index contributed by atoms with van der Waals surface area (Å²) in [5.41, 5.74) is 0. The largest absolute Gasteiger partial charge is 0.391 e. The van der Waals surface area contributed by atoms with Crippen LogP contribution in [0.4, 0.5) is 0 Å². The van der Waals surface area contributed by atoms with Gasteiger partial charge in [-0.2, -0.15) is 21.0 Å². The Balaban J connectivity index is 0. The van der Waals surface area contributed by atoms with Crippen LogP contribution in [0.3, 0.4) is 0 Å². The van der Waals surface area contributed by atoms with Gasteiger partial charge in [0, 0.05) is 0 Å². The molecule has 0 spiro atoms. The molecule has 0 fully saturated rings. The summed E-state index contributed by atoms with van der Waals surface area (Å²) < 4.78 is 0. The van der Waals surface area contributed by atoms with Gasteiger partial charge in [0.25, 0.3) is 0 Å². The number of nitrogens with zero attached hydrogens (tertiary/aromatic N) is 4. The molecule has 0 aliphatic rings. The molecule has 0 heterocycles. The fourth-order valence-corrected chi connectivity index (χ4v) is 0.566. The van der Waals surface area contributed by atoms with E-state index in [-0.39, 0.29) is 25.7 Å². The van der Waals surface area contributed by atoms with Gasteiger partial charge in [-0.05, 0) is 0 Å². The van der Waals surface area contributed by atoms with Gasteiger partial charge in [-0.1, -0.05) is 0 Å². The molecular formula is C10H12N4O2. The highest BCUT2D eigenvalue weighted by molar-refractivity contribution is 4.82. The summed E-state index contributed by atoms with van der Waals surface area (Å²) in [4.78, 5) is 0. The normalized spacial score (nSPS) is 8.00. The molecule has 0 bridgehead atoms. The molecule has 0 aliphatic heterocycles. The van der Waals surface area contributed by atoms with Crippen molar-refractivity contribution in [2.24, 2.45) is 0 Å². The van der Waals surface area contributed by atoms with Gasteiger partial charge in [0.15, 0.2) is 0 Å². The van der Waals surface area contributed by atoms with E-state index < -0.39 is 12.2 Å². The molecule has 0 aromatic carbocycles. The Hall–Kier alpha value is -2.12. The zero-order valence-electron chi connectivity index (χ0n) is 8.67. The van der Waals surface area contributed by atoms with Crippen LogP contribution in [0.5, 0.6) is 0 Å². The predicted octanol–water partition coefficient (Wildman–Crippen LogP) is 0.349. The van der Waals surface area contributed by atoms with Crippen LogP contribution in [0.2, 0.25) is 0 Å². The van der Waals surface area contributed by atoms with Crippen LogP contribution in [0, 0.1) is 45.3 Å². The average molecular weight is 220 g/mol. The Kier molecular flexibility index (Phi) is 13.1. The van der Waals surface area contributed by atoms with Gasteiger partial charge in [0.05, 0.1) is 62.2 Å². The molecule has 0 unspecified atom stereocenters. The third kappa shape index (κ3) is 14.4. The molecule has 6 nitrogen and oxygen atoms in total. The molecule has 0 amide bonds. The number of hydrogen-bond donors (Lipinski definition) is 2. The number of nitriles is 4. The highest BCUT2D eigenvalue weighted by atomic mass is 16.3. The van der Waals surface area contributed by atoms with Crippen molar-refractivity contribution < 1.29 is 10.2 Å². The third-order valence-corrected chi connectivity index (χ3v) is 1.31. The van der Waals surface area contributed by atoms with E-state index >= 15 is 0 Å². The first-order valence-electron chi connectivity index (χ1n) is 4.46. The number of rotatable bonds is 4. The zero-order chi connectivity index (χ0) is 12.8. The third-order valence-electron chi connectivity index (χ3n) is 1.31. The summed E-state index contributed by atoms with van der Waals surface area (Å²) in [5.74, 6) is 0. The first-order valence-corrected chi connectivity index (χ1v) is 4.46. The number of aliphatic hydroxyl groups excluding tert-OH is 2. The first-order chi connectivity index (χ1) is 7.62. The highest BCUT2D eigenvalue weighted by Crippen LogP contribution is 1.93. The summed E-state index contributed by atoms with van der Waals surface area (Å²) in [6.45, 7) is 0. The molecule has 0 aliphatic carbocycles. The van der Waals surface area contributed by atoms with Crippen molar-refractivity contribution in [3.63, 3.8) is 0 Å². The van der Waals surface area contributed by atoms with Gasteiger partial charge in [0.1, 0.15) is 0 Å². The van der Waals surface area contributed by atoms with E-state index in [1.54, 1.807) is 24.3 Å². The van der Waals surface area contributed by atoms with E-state index in [9.17, 15) is 0 Å². The second kappa shape index (κ2) is 12.9. The molecule has 2 N–H and O–H groups in total. The van der Waals surface area contributed by atoms with Gasteiger partial charge < -0.3 is 10.2 Å². The second-order valence-corrected chi connectivity index (χ2v) is 2.76. The van der Waals surface area contributed by atoms with Crippen LogP contribution in [0.25, 0.3) is 0 Å². The highest BCUT2D eigenvalue weighted by Gasteiger charge is 1.99. The minimum absolute atomic E-state index is 0.0492. The molecule has 0 saturated carbocycles. The maximum atomic E-state index is 8.60. The Morgan fingerprint density at radius 2 is 0.812 bits per heavy atom. The number of aliphatic hydroxyl groups is 2. The quantitative estimate of drug-likeness (QED) is 0.701. The van der Waals surface area contributed by atoms with Crippen molar-refractivity contribution in [3.8, 4) is 24.3 Å². The lowest BCUT2D eigenvalue weighted by Gasteiger charge is -1.94. The van der Waals surface area contributed by atoms with Crippen molar-refractivity contribution in [1.82, 2.24) is 0 Å². The minimum Gasteiger partial charge on any atom is -0.391 e.